The van der Waals surface area contributed by atoms with E-state index in [1.54, 1.807) is 12.1 Å². The molecule has 2 rings (SSSR count). The van der Waals surface area contributed by atoms with Gasteiger partial charge in [-0.2, -0.15) is 0 Å². The lowest BCUT2D eigenvalue weighted by Gasteiger charge is -2.15. The van der Waals surface area contributed by atoms with Crippen LogP contribution in [0.3, 0.4) is 0 Å². The number of benzene rings is 1. The van der Waals surface area contributed by atoms with E-state index in [1.165, 1.54) is 11.3 Å². The number of hydrogen-bond acceptors (Lipinski definition) is 4. The van der Waals surface area contributed by atoms with Crippen LogP contribution in [0.15, 0.2) is 24.3 Å². The van der Waals surface area contributed by atoms with Gasteiger partial charge >= 0.3 is 0 Å². The number of nitrogen functional groups attached to an aromatic ring is 1. The van der Waals surface area contributed by atoms with Crippen LogP contribution in [0.1, 0.15) is 42.4 Å². The molecule has 0 aliphatic rings. The van der Waals surface area contributed by atoms with E-state index in [1.807, 2.05) is 39.8 Å². The van der Waals surface area contributed by atoms with Crippen LogP contribution in [0.2, 0.25) is 0 Å². The van der Waals surface area contributed by atoms with Gasteiger partial charge in [0.15, 0.2) is 5.13 Å². The van der Waals surface area contributed by atoms with Crippen LogP contribution in [0.4, 0.5) is 10.1 Å². The lowest BCUT2D eigenvalue weighted by molar-refractivity contribution is 0.102. The topological polar surface area (TPSA) is 68.0 Å². The normalized spacial score (nSPS) is 11.4. The minimum absolute atomic E-state index is 0.132. The fourth-order valence-corrected chi connectivity index (χ4v) is 2.73. The van der Waals surface area contributed by atoms with Crippen molar-refractivity contribution >= 4 is 27.4 Å². The molecule has 1 amide bonds. The summed E-state index contributed by atoms with van der Waals surface area (Å²) in [5.74, 6) is -0.167. The molecule has 0 aliphatic heterocycles. The highest BCUT2D eigenvalue weighted by atomic mass is 32.1. The second kappa shape index (κ2) is 5.25. The van der Waals surface area contributed by atoms with Gasteiger partial charge in [-0.1, -0.05) is 49.8 Å². The van der Waals surface area contributed by atoms with Crippen LogP contribution >= 0.6 is 11.3 Å². The lowest BCUT2D eigenvalue weighted by Crippen LogP contribution is -2.15. The number of hydrogen-bond donors (Lipinski definition) is 2. The second-order valence-electron chi connectivity index (χ2n) is 5.80. The van der Waals surface area contributed by atoms with Crippen molar-refractivity contribution in [2.45, 2.75) is 33.1 Å². The van der Waals surface area contributed by atoms with E-state index < -0.39 is 0 Å². The summed E-state index contributed by atoms with van der Waals surface area (Å²) >= 11 is 1.30. The molecule has 0 bridgehead atoms. The third-order valence-electron chi connectivity index (χ3n) is 2.90. The maximum absolute atomic E-state index is 12.1. The Morgan fingerprint density at radius 1 is 1.25 bits per heavy atom. The fourth-order valence-electron chi connectivity index (χ4n) is 1.80. The zero-order valence-electron chi connectivity index (χ0n) is 12.2. The SMILES string of the molecule is Cc1ccc(C(=O)Nc2nc(C(C)(C)C)c(N)s2)cc1. The number of nitrogens with one attached hydrogen (secondary N) is 1. The molecule has 4 nitrogen and oxygen atoms in total. The van der Waals surface area contributed by atoms with Crippen LogP contribution in [-0.4, -0.2) is 10.9 Å². The molecule has 0 saturated carbocycles. The summed E-state index contributed by atoms with van der Waals surface area (Å²) in [7, 11) is 0. The Hall–Kier alpha value is -1.88. The molecule has 106 valence electrons. The number of anilines is 2. The van der Waals surface area contributed by atoms with Crippen molar-refractivity contribution in [1.82, 2.24) is 4.98 Å². The van der Waals surface area contributed by atoms with Gasteiger partial charge in [0.2, 0.25) is 0 Å². The predicted octanol–water partition coefficient (Wildman–Crippen LogP) is 3.58. The third kappa shape index (κ3) is 3.17. The van der Waals surface area contributed by atoms with Gasteiger partial charge in [0.05, 0.1) is 5.69 Å². The van der Waals surface area contributed by atoms with E-state index in [-0.39, 0.29) is 11.3 Å². The zero-order valence-corrected chi connectivity index (χ0v) is 13.0. The van der Waals surface area contributed by atoms with Crippen LogP contribution in [0.25, 0.3) is 0 Å². The summed E-state index contributed by atoms with van der Waals surface area (Å²) in [6.45, 7) is 8.12. The Bertz CT molecular complexity index is 624. The molecular weight excluding hydrogens is 270 g/mol. The first kappa shape index (κ1) is 14.5. The van der Waals surface area contributed by atoms with E-state index in [0.29, 0.717) is 15.7 Å². The Labute approximate surface area is 123 Å². The smallest absolute Gasteiger partial charge is 0.257 e. The van der Waals surface area contributed by atoms with Crippen molar-refractivity contribution in [2.24, 2.45) is 0 Å². The molecule has 0 aliphatic carbocycles. The van der Waals surface area contributed by atoms with Crippen molar-refractivity contribution in [1.29, 1.82) is 0 Å². The quantitative estimate of drug-likeness (QED) is 0.888. The van der Waals surface area contributed by atoms with Gasteiger partial charge in [-0.25, -0.2) is 4.98 Å². The van der Waals surface area contributed by atoms with Gasteiger partial charge in [0, 0.05) is 11.0 Å². The second-order valence-corrected chi connectivity index (χ2v) is 6.83. The molecule has 1 heterocycles. The first-order valence-corrected chi connectivity index (χ1v) is 7.24. The predicted molar refractivity (Wildman–Crippen MR) is 84.4 cm³/mol. The molecule has 0 atom stereocenters. The molecule has 1 aromatic carbocycles. The molecule has 0 unspecified atom stereocenters. The number of thiazole rings is 1. The number of carbonyl (C=O) groups is 1. The van der Waals surface area contributed by atoms with Gasteiger partial charge in [-0.15, -0.1) is 0 Å². The Kier molecular flexibility index (Phi) is 3.81. The summed E-state index contributed by atoms with van der Waals surface area (Å²) in [4.78, 5) is 16.5. The fraction of sp³-hybridized carbons (Fsp3) is 0.333. The molecule has 1 aromatic heterocycles. The highest BCUT2D eigenvalue weighted by Gasteiger charge is 2.22. The Morgan fingerprint density at radius 2 is 1.85 bits per heavy atom. The van der Waals surface area contributed by atoms with Crippen LogP contribution < -0.4 is 11.1 Å². The highest BCUT2D eigenvalue weighted by Crippen LogP contribution is 2.34. The third-order valence-corrected chi connectivity index (χ3v) is 3.70. The van der Waals surface area contributed by atoms with E-state index in [9.17, 15) is 4.79 Å². The molecule has 20 heavy (non-hydrogen) atoms. The van der Waals surface area contributed by atoms with Crippen molar-refractivity contribution in [3.8, 4) is 0 Å². The number of amides is 1. The maximum atomic E-state index is 12.1. The van der Waals surface area contributed by atoms with Crippen LogP contribution in [-0.2, 0) is 5.41 Å². The Morgan fingerprint density at radius 3 is 2.35 bits per heavy atom. The van der Waals surface area contributed by atoms with Gasteiger partial charge in [-0.3, -0.25) is 10.1 Å². The molecule has 5 heteroatoms. The van der Waals surface area contributed by atoms with Crippen molar-refractivity contribution in [3.63, 3.8) is 0 Å². The number of rotatable bonds is 2. The van der Waals surface area contributed by atoms with Gasteiger partial charge in [-0.05, 0) is 19.1 Å². The summed E-state index contributed by atoms with van der Waals surface area (Å²) in [6.07, 6.45) is 0. The minimum Gasteiger partial charge on any atom is -0.389 e. The van der Waals surface area contributed by atoms with Crippen molar-refractivity contribution in [2.75, 3.05) is 11.1 Å². The number of carbonyl (C=O) groups excluding carboxylic acids is 1. The number of nitrogens with two attached hydrogens (primary N) is 1. The van der Waals surface area contributed by atoms with Crippen molar-refractivity contribution < 1.29 is 4.79 Å². The number of nitrogens with zero attached hydrogens (tertiary/aromatic N) is 1. The van der Waals surface area contributed by atoms with Crippen LogP contribution in [0, 0.1) is 6.92 Å². The zero-order chi connectivity index (χ0) is 14.9. The minimum atomic E-state index is -0.167. The van der Waals surface area contributed by atoms with Crippen LogP contribution in [0.5, 0.6) is 0 Å². The largest absolute Gasteiger partial charge is 0.389 e. The molecule has 0 fully saturated rings. The molecule has 0 saturated heterocycles. The van der Waals surface area contributed by atoms with E-state index >= 15 is 0 Å². The lowest BCUT2D eigenvalue weighted by atomic mass is 9.93. The Balaban J connectivity index is 2.18. The standard InChI is InChI=1S/C15H19N3OS/c1-9-5-7-10(8-6-9)13(19)18-14-17-11(12(16)20-14)15(2,3)4/h5-8H,16H2,1-4H3,(H,17,18,19). The number of aromatic nitrogens is 1. The monoisotopic (exact) mass is 289 g/mol. The summed E-state index contributed by atoms with van der Waals surface area (Å²) in [6, 6.07) is 7.41. The van der Waals surface area contributed by atoms with E-state index in [2.05, 4.69) is 10.3 Å². The summed E-state index contributed by atoms with van der Waals surface area (Å²) in [5.41, 5.74) is 8.39. The molecule has 0 radical (unpaired) electrons. The summed E-state index contributed by atoms with van der Waals surface area (Å²) in [5, 5.41) is 3.99. The number of aryl methyl sites for hydroxylation is 1. The average molecular weight is 289 g/mol. The van der Waals surface area contributed by atoms with E-state index in [0.717, 1.165) is 11.3 Å². The van der Waals surface area contributed by atoms with Gasteiger partial charge in [0.1, 0.15) is 5.00 Å². The first-order chi connectivity index (χ1) is 9.27. The van der Waals surface area contributed by atoms with Crippen molar-refractivity contribution in [3.05, 3.63) is 41.1 Å². The van der Waals surface area contributed by atoms with E-state index in [4.69, 9.17) is 5.73 Å². The van der Waals surface area contributed by atoms with Gasteiger partial charge in [0.25, 0.3) is 5.91 Å². The molecule has 2 aromatic rings. The molecule has 3 N–H and O–H groups in total. The molecule has 0 spiro atoms. The van der Waals surface area contributed by atoms with Gasteiger partial charge < -0.3 is 5.73 Å². The highest BCUT2D eigenvalue weighted by molar-refractivity contribution is 7.19. The summed E-state index contributed by atoms with van der Waals surface area (Å²) < 4.78 is 0. The first-order valence-electron chi connectivity index (χ1n) is 6.42. The molecular formula is C15H19N3OS. The maximum Gasteiger partial charge on any atom is 0.257 e. The average Bonchev–Trinajstić information content (AvgIpc) is 2.70.